The van der Waals surface area contributed by atoms with E-state index in [1.807, 2.05) is 45.0 Å². The monoisotopic (exact) mass is 273 g/mol. The number of amides is 1. The minimum Gasteiger partial charge on any atom is -0.325 e. The normalized spacial score (nSPS) is 13.0. The summed E-state index contributed by atoms with van der Waals surface area (Å²) in [7, 11) is 0. The first-order chi connectivity index (χ1) is 9.38. The number of anilines is 1. The van der Waals surface area contributed by atoms with Gasteiger partial charge in [0.1, 0.15) is 12.7 Å². The van der Waals surface area contributed by atoms with Crippen molar-refractivity contribution in [3.05, 3.63) is 36.9 Å². The smallest absolute Gasteiger partial charge is 0.241 e. The lowest BCUT2D eigenvalue weighted by Gasteiger charge is -2.25. The Kier molecular flexibility index (Phi) is 3.85. The van der Waals surface area contributed by atoms with Crippen LogP contribution in [0.4, 0.5) is 5.69 Å². The van der Waals surface area contributed by atoms with Gasteiger partial charge in [0.05, 0.1) is 11.7 Å². The molecule has 1 unspecified atom stereocenters. The number of aromatic nitrogens is 3. The number of carbonyl (C=O) groups excluding carboxylic acids is 1. The van der Waals surface area contributed by atoms with E-state index in [9.17, 15) is 4.79 Å². The van der Waals surface area contributed by atoms with Gasteiger partial charge < -0.3 is 11.1 Å². The maximum atomic E-state index is 12.1. The number of hydrogen-bond donors (Lipinski definition) is 2. The summed E-state index contributed by atoms with van der Waals surface area (Å²) in [6.07, 6.45) is 3.20. The van der Waals surface area contributed by atoms with Crippen molar-refractivity contribution in [1.82, 2.24) is 14.8 Å². The fourth-order valence-electron chi connectivity index (χ4n) is 1.69. The molecule has 1 aromatic carbocycles. The average molecular weight is 273 g/mol. The van der Waals surface area contributed by atoms with Crippen LogP contribution in [0, 0.1) is 5.41 Å². The highest BCUT2D eigenvalue weighted by Gasteiger charge is 2.27. The number of nitrogens with two attached hydrogens (primary N) is 1. The molecule has 0 bridgehead atoms. The van der Waals surface area contributed by atoms with Crippen LogP contribution in [0.1, 0.15) is 20.8 Å². The van der Waals surface area contributed by atoms with Gasteiger partial charge >= 0.3 is 0 Å². The number of nitrogens with zero attached hydrogens (tertiary/aromatic N) is 3. The Labute approximate surface area is 118 Å². The summed E-state index contributed by atoms with van der Waals surface area (Å²) in [6.45, 7) is 5.81. The molecule has 1 amide bonds. The highest BCUT2D eigenvalue weighted by Crippen LogP contribution is 2.20. The third-order valence-corrected chi connectivity index (χ3v) is 3.05. The second-order valence-electron chi connectivity index (χ2n) is 5.75. The number of carbonyl (C=O) groups is 1. The van der Waals surface area contributed by atoms with Crippen molar-refractivity contribution >= 4 is 11.6 Å². The first-order valence-corrected chi connectivity index (χ1v) is 6.39. The lowest BCUT2D eigenvalue weighted by Crippen LogP contribution is -2.45. The molecule has 1 heterocycles. The first kappa shape index (κ1) is 14.2. The lowest BCUT2D eigenvalue weighted by molar-refractivity contribution is -0.119. The highest BCUT2D eigenvalue weighted by atomic mass is 16.2. The van der Waals surface area contributed by atoms with E-state index in [-0.39, 0.29) is 11.3 Å². The molecule has 6 nitrogen and oxygen atoms in total. The van der Waals surface area contributed by atoms with Crippen molar-refractivity contribution < 1.29 is 4.79 Å². The maximum Gasteiger partial charge on any atom is 0.241 e. The summed E-state index contributed by atoms with van der Waals surface area (Å²) in [5.74, 6) is -0.196. The molecule has 0 saturated heterocycles. The van der Waals surface area contributed by atoms with Crippen molar-refractivity contribution in [2.24, 2.45) is 11.1 Å². The molecule has 2 aromatic rings. The van der Waals surface area contributed by atoms with Crippen molar-refractivity contribution in [2.45, 2.75) is 26.8 Å². The topological polar surface area (TPSA) is 85.8 Å². The maximum absolute atomic E-state index is 12.1. The van der Waals surface area contributed by atoms with Crippen LogP contribution in [0.15, 0.2) is 36.9 Å². The predicted molar refractivity (Wildman–Crippen MR) is 77.4 cm³/mol. The van der Waals surface area contributed by atoms with Gasteiger partial charge in [-0.15, -0.1) is 10.2 Å². The minimum absolute atomic E-state index is 0.196. The van der Waals surface area contributed by atoms with E-state index in [1.54, 1.807) is 17.2 Å². The standard InChI is InChI=1S/C14H19N5O/c1-14(2,3)12(15)13(20)18-10-5-4-6-11(7-10)19-8-16-17-9-19/h4-9,12H,15H2,1-3H3,(H,18,20). The molecule has 6 heteroatoms. The van der Waals surface area contributed by atoms with Gasteiger partial charge in [0, 0.05) is 5.69 Å². The molecule has 3 N–H and O–H groups in total. The summed E-state index contributed by atoms with van der Waals surface area (Å²) >= 11 is 0. The zero-order valence-electron chi connectivity index (χ0n) is 11.9. The van der Waals surface area contributed by atoms with Crippen LogP contribution in [-0.4, -0.2) is 26.7 Å². The van der Waals surface area contributed by atoms with Gasteiger partial charge in [-0.1, -0.05) is 26.8 Å². The van der Waals surface area contributed by atoms with Gasteiger partial charge in [-0.25, -0.2) is 0 Å². The van der Waals surface area contributed by atoms with Crippen LogP contribution >= 0.6 is 0 Å². The molecule has 1 aromatic heterocycles. The van der Waals surface area contributed by atoms with E-state index >= 15 is 0 Å². The van der Waals surface area contributed by atoms with E-state index in [4.69, 9.17) is 5.73 Å². The Morgan fingerprint density at radius 2 is 1.95 bits per heavy atom. The quantitative estimate of drug-likeness (QED) is 0.889. The highest BCUT2D eigenvalue weighted by molar-refractivity contribution is 5.95. The second-order valence-corrected chi connectivity index (χ2v) is 5.75. The van der Waals surface area contributed by atoms with Gasteiger partial charge in [-0.2, -0.15) is 0 Å². The summed E-state index contributed by atoms with van der Waals surface area (Å²) in [5, 5.41) is 10.3. The van der Waals surface area contributed by atoms with Gasteiger partial charge in [0.2, 0.25) is 5.91 Å². The summed E-state index contributed by atoms with van der Waals surface area (Å²) in [4.78, 5) is 12.1. The van der Waals surface area contributed by atoms with Crippen LogP contribution < -0.4 is 11.1 Å². The molecule has 2 rings (SSSR count). The molecule has 0 saturated carbocycles. The van der Waals surface area contributed by atoms with E-state index in [0.717, 1.165) is 5.69 Å². The van der Waals surface area contributed by atoms with Crippen molar-refractivity contribution in [3.8, 4) is 5.69 Å². The third kappa shape index (κ3) is 3.21. The van der Waals surface area contributed by atoms with E-state index in [0.29, 0.717) is 5.69 Å². The van der Waals surface area contributed by atoms with Crippen molar-refractivity contribution in [1.29, 1.82) is 0 Å². The van der Waals surface area contributed by atoms with Crippen LogP contribution in [0.5, 0.6) is 0 Å². The van der Waals surface area contributed by atoms with Crippen LogP contribution in [0.2, 0.25) is 0 Å². The molecule has 0 spiro atoms. The minimum atomic E-state index is -0.568. The van der Waals surface area contributed by atoms with Crippen molar-refractivity contribution in [3.63, 3.8) is 0 Å². The van der Waals surface area contributed by atoms with Gasteiger partial charge in [0.25, 0.3) is 0 Å². The Bertz CT molecular complexity index is 586. The van der Waals surface area contributed by atoms with Crippen LogP contribution in [0.3, 0.4) is 0 Å². The number of rotatable bonds is 3. The van der Waals surface area contributed by atoms with Gasteiger partial charge in [-0.3, -0.25) is 9.36 Å². The van der Waals surface area contributed by atoms with Crippen molar-refractivity contribution in [2.75, 3.05) is 5.32 Å². The molecule has 0 aliphatic rings. The van der Waals surface area contributed by atoms with Gasteiger partial charge in [-0.05, 0) is 23.6 Å². The Morgan fingerprint density at radius 3 is 2.55 bits per heavy atom. The molecule has 0 radical (unpaired) electrons. The molecule has 0 aliphatic carbocycles. The Balaban J connectivity index is 2.15. The largest absolute Gasteiger partial charge is 0.325 e. The second kappa shape index (κ2) is 5.42. The summed E-state index contributed by atoms with van der Waals surface area (Å²) < 4.78 is 1.76. The average Bonchev–Trinajstić information content (AvgIpc) is 2.91. The molecule has 20 heavy (non-hydrogen) atoms. The molecule has 106 valence electrons. The van der Waals surface area contributed by atoms with E-state index in [2.05, 4.69) is 15.5 Å². The number of nitrogens with one attached hydrogen (secondary N) is 1. The van der Waals surface area contributed by atoms with E-state index in [1.165, 1.54) is 0 Å². The van der Waals surface area contributed by atoms with Crippen LogP contribution in [-0.2, 0) is 4.79 Å². The van der Waals surface area contributed by atoms with E-state index < -0.39 is 6.04 Å². The number of benzene rings is 1. The molecular formula is C14H19N5O. The van der Waals surface area contributed by atoms with Gasteiger partial charge in [0.15, 0.2) is 0 Å². The Hall–Kier alpha value is -2.21. The molecule has 1 atom stereocenters. The zero-order chi connectivity index (χ0) is 14.8. The SMILES string of the molecule is CC(C)(C)C(N)C(=O)Nc1cccc(-n2cnnc2)c1. The first-order valence-electron chi connectivity index (χ1n) is 6.39. The fraction of sp³-hybridized carbons (Fsp3) is 0.357. The summed E-state index contributed by atoms with van der Waals surface area (Å²) in [6, 6.07) is 6.86. The fourth-order valence-corrected chi connectivity index (χ4v) is 1.69. The molecule has 0 fully saturated rings. The lowest BCUT2D eigenvalue weighted by atomic mass is 9.87. The molecule has 0 aliphatic heterocycles. The predicted octanol–water partition coefficient (Wildman–Crippen LogP) is 1.58. The Morgan fingerprint density at radius 1 is 1.30 bits per heavy atom. The zero-order valence-corrected chi connectivity index (χ0v) is 11.9. The third-order valence-electron chi connectivity index (χ3n) is 3.05. The van der Waals surface area contributed by atoms with Crippen LogP contribution in [0.25, 0.3) is 5.69 Å². The number of hydrogen-bond acceptors (Lipinski definition) is 4. The summed E-state index contributed by atoms with van der Waals surface area (Å²) in [5.41, 5.74) is 7.22. The molecular weight excluding hydrogens is 254 g/mol.